The molecule has 11 heteroatoms. The highest BCUT2D eigenvalue weighted by Gasteiger charge is 2.17. The summed E-state index contributed by atoms with van der Waals surface area (Å²) >= 11 is 0.0513. The Hall–Kier alpha value is -3.47. The molecule has 192 valence electrons. The highest BCUT2D eigenvalue weighted by Crippen LogP contribution is 2.28. The van der Waals surface area contributed by atoms with Gasteiger partial charge in [-0.15, -0.1) is 3.89 Å². The first-order valence-electron chi connectivity index (χ1n) is 11.7. The Labute approximate surface area is 213 Å². The average Bonchev–Trinajstić information content (AvgIpc) is 3.19. The Balaban J connectivity index is 1.72. The molecule has 0 aromatic carbocycles. The topological polar surface area (TPSA) is 102 Å². The number of allylic oxidation sites excluding steroid dienone is 1. The predicted molar refractivity (Wildman–Crippen MR) is 140 cm³/mol. The first-order chi connectivity index (χ1) is 17.2. The number of pyridine rings is 1. The number of likely N-dealkylation sites (N-methyl/N-ethyl adjacent to an activating group) is 1. The van der Waals surface area contributed by atoms with E-state index in [0.29, 0.717) is 41.9 Å². The highest BCUT2D eigenvalue weighted by atomic mass is 32.2. The third-order valence-electron chi connectivity index (χ3n) is 5.47. The zero-order valence-corrected chi connectivity index (χ0v) is 21.7. The molecule has 3 aromatic rings. The number of carbonyl (C=O) groups is 2. The molecule has 3 aromatic heterocycles. The van der Waals surface area contributed by atoms with Crippen molar-refractivity contribution in [1.82, 2.24) is 23.4 Å². The second-order valence-corrected chi connectivity index (χ2v) is 9.58. The van der Waals surface area contributed by atoms with Gasteiger partial charge in [0.05, 0.1) is 23.4 Å². The number of carbonyl (C=O) groups excluding carboxylic acids is 2. The molecule has 3 heterocycles. The van der Waals surface area contributed by atoms with Crippen LogP contribution in [-0.2, 0) is 22.6 Å². The molecule has 0 unspecified atom stereocenters. The van der Waals surface area contributed by atoms with Gasteiger partial charge in [-0.1, -0.05) is 19.9 Å². The van der Waals surface area contributed by atoms with Gasteiger partial charge < -0.3 is 14.8 Å². The van der Waals surface area contributed by atoms with E-state index in [0.717, 1.165) is 5.69 Å². The third kappa shape index (κ3) is 6.81. The summed E-state index contributed by atoms with van der Waals surface area (Å²) in [7, 11) is 3.34. The maximum atomic E-state index is 14.0. The smallest absolute Gasteiger partial charge is 0.274 e. The van der Waals surface area contributed by atoms with Gasteiger partial charge in [0.25, 0.3) is 5.56 Å². The summed E-state index contributed by atoms with van der Waals surface area (Å²) in [6.07, 6.45) is 8.25. The van der Waals surface area contributed by atoms with Gasteiger partial charge in [-0.3, -0.25) is 18.4 Å². The third-order valence-corrected chi connectivity index (χ3v) is 6.02. The largest absolute Gasteiger partial charge is 0.345 e. The molecule has 1 N–H and O–H groups in total. The molecule has 0 bridgehead atoms. The van der Waals surface area contributed by atoms with Crippen LogP contribution in [-0.4, -0.2) is 49.3 Å². The van der Waals surface area contributed by atoms with E-state index in [2.05, 4.69) is 29.1 Å². The molecule has 0 atom stereocenters. The Morgan fingerprint density at radius 2 is 2.06 bits per heavy atom. The number of fused-ring (bicyclic) bond motifs is 1. The zero-order chi connectivity index (χ0) is 26.2. The summed E-state index contributed by atoms with van der Waals surface area (Å²) in [5.74, 6) is -0.0733. The van der Waals surface area contributed by atoms with E-state index in [4.69, 9.17) is 0 Å². The Morgan fingerprint density at radius 3 is 2.75 bits per heavy atom. The molecular formula is C25H31FN6O3S. The molecule has 3 rings (SSSR count). The van der Waals surface area contributed by atoms with Crippen LogP contribution in [0.15, 0.2) is 47.7 Å². The molecule has 0 aliphatic carbocycles. The average molecular weight is 515 g/mol. The Kier molecular flexibility index (Phi) is 9.40. The van der Waals surface area contributed by atoms with E-state index in [1.165, 1.54) is 31.9 Å². The van der Waals surface area contributed by atoms with Gasteiger partial charge in [0.15, 0.2) is 12.3 Å². The van der Waals surface area contributed by atoms with Crippen molar-refractivity contribution in [2.45, 2.75) is 46.1 Å². The maximum Gasteiger partial charge on any atom is 0.274 e. The second kappa shape index (κ2) is 12.5. The lowest BCUT2D eigenvalue weighted by molar-refractivity contribution is -0.123. The lowest BCUT2D eigenvalue weighted by Gasteiger charge is -2.11. The van der Waals surface area contributed by atoms with Crippen LogP contribution in [0, 0.1) is 5.92 Å². The van der Waals surface area contributed by atoms with Crippen LogP contribution in [0.5, 0.6) is 0 Å². The second-order valence-electron chi connectivity index (χ2n) is 9.08. The van der Waals surface area contributed by atoms with Crippen molar-refractivity contribution in [3.8, 4) is 0 Å². The van der Waals surface area contributed by atoms with Crippen molar-refractivity contribution < 1.29 is 13.5 Å². The van der Waals surface area contributed by atoms with Crippen molar-refractivity contribution >= 4 is 40.9 Å². The minimum absolute atomic E-state index is 0.0513. The summed E-state index contributed by atoms with van der Waals surface area (Å²) in [5.41, 5.74) is 2.27. The molecule has 0 spiro atoms. The number of aromatic nitrogens is 4. The number of anilines is 1. The van der Waals surface area contributed by atoms with Crippen LogP contribution in [0.4, 0.5) is 9.57 Å². The van der Waals surface area contributed by atoms with Crippen molar-refractivity contribution in [3.63, 3.8) is 0 Å². The number of hydrogen-bond donors (Lipinski definition) is 1. The van der Waals surface area contributed by atoms with E-state index in [1.54, 1.807) is 38.5 Å². The zero-order valence-electron chi connectivity index (χ0n) is 20.9. The van der Waals surface area contributed by atoms with Crippen LogP contribution in [0.2, 0.25) is 0 Å². The van der Waals surface area contributed by atoms with Crippen LogP contribution < -0.4 is 10.9 Å². The number of nitrogens with one attached hydrogen (secondary N) is 1. The minimum Gasteiger partial charge on any atom is -0.345 e. The lowest BCUT2D eigenvalue weighted by atomic mass is 10.1. The SMILES string of the molecule is CC(C)Cc1ncnc2cc(Cn3cccc(NC(=O)CCC/C=C/C(=O)N(C)C)c3=O)n(SF)c12. The van der Waals surface area contributed by atoms with Crippen molar-refractivity contribution in [2.24, 2.45) is 5.92 Å². The molecule has 0 saturated heterocycles. The van der Waals surface area contributed by atoms with Gasteiger partial charge >= 0.3 is 0 Å². The molecular weight excluding hydrogens is 483 g/mol. The van der Waals surface area contributed by atoms with Crippen molar-refractivity contribution in [1.29, 1.82) is 0 Å². The summed E-state index contributed by atoms with van der Waals surface area (Å²) < 4.78 is 16.9. The summed E-state index contributed by atoms with van der Waals surface area (Å²) in [5, 5.41) is 2.66. The van der Waals surface area contributed by atoms with Crippen LogP contribution in [0.25, 0.3) is 11.0 Å². The molecule has 0 saturated carbocycles. The number of unbranched alkanes of at least 4 members (excludes halogenated alkanes) is 1. The number of halogens is 1. The molecule has 9 nitrogen and oxygen atoms in total. The molecule has 2 amide bonds. The monoisotopic (exact) mass is 514 g/mol. The maximum absolute atomic E-state index is 14.0. The van der Waals surface area contributed by atoms with Gasteiger partial charge in [0.1, 0.15) is 17.5 Å². The van der Waals surface area contributed by atoms with E-state index < -0.39 is 5.56 Å². The van der Waals surface area contributed by atoms with Crippen LogP contribution >= 0.6 is 12.3 Å². The lowest BCUT2D eigenvalue weighted by Crippen LogP contribution is -2.26. The minimum atomic E-state index is -0.392. The number of hydrogen-bond acceptors (Lipinski definition) is 6. The van der Waals surface area contributed by atoms with Crippen LogP contribution in [0.1, 0.15) is 44.5 Å². The van der Waals surface area contributed by atoms with Crippen molar-refractivity contribution in [2.75, 3.05) is 19.4 Å². The Bertz CT molecular complexity index is 1310. The summed E-state index contributed by atoms with van der Waals surface area (Å²) in [4.78, 5) is 47.0. The van der Waals surface area contributed by atoms with E-state index in [-0.39, 0.29) is 42.8 Å². The number of rotatable bonds is 11. The fourth-order valence-corrected chi connectivity index (χ4v) is 4.17. The molecule has 0 aliphatic heterocycles. The predicted octanol–water partition coefficient (Wildman–Crippen LogP) is 3.97. The van der Waals surface area contributed by atoms with E-state index >= 15 is 0 Å². The number of amides is 2. The van der Waals surface area contributed by atoms with Gasteiger partial charge in [-0.2, -0.15) is 0 Å². The van der Waals surface area contributed by atoms with Crippen LogP contribution in [0.3, 0.4) is 0 Å². The van der Waals surface area contributed by atoms with Crippen molar-refractivity contribution in [3.05, 3.63) is 64.6 Å². The Morgan fingerprint density at radius 1 is 1.28 bits per heavy atom. The molecule has 0 fully saturated rings. The molecule has 0 aliphatic rings. The van der Waals surface area contributed by atoms with E-state index in [1.807, 2.05) is 0 Å². The highest BCUT2D eigenvalue weighted by molar-refractivity contribution is 7.93. The fourth-order valence-electron chi connectivity index (χ4n) is 3.70. The first kappa shape index (κ1) is 27.1. The van der Waals surface area contributed by atoms with Gasteiger partial charge in [-0.05, 0) is 49.5 Å². The first-order valence-corrected chi connectivity index (χ1v) is 12.4. The van der Waals surface area contributed by atoms with Gasteiger partial charge in [0.2, 0.25) is 11.8 Å². The number of nitrogens with zero attached hydrogens (tertiary/aromatic N) is 5. The van der Waals surface area contributed by atoms with Gasteiger partial charge in [0, 0.05) is 26.7 Å². The molecule has 36 heavy (non-hydrogen) atoms. The fraction of sp³-hybridized carbons (Fsp3) is 0.400. The summed E-state index contributed by atoms with van der Waals surface area (Å²) in [6, 6.07) is 4.95. The quantitative estimate of drug-likeness (QED) is 0.307. The van der Waals surface area contributed by atoms with Gasteiger partial charge in [-0.25, -0.2) is 9.97 Å². The standard InChI is InChI=1S/C25H31FN6O3S/c1-17(2)13-20-24-21(28-16-27-20)14-18(32(24)36-26)15-31-12-8-9-19(25(31)35)29-22(33)10-6-5-7-11-23(34)30(3)4/h7-9,11-12,14,16-17H,5-6,10,13,15H2,1-4H3,(H,29,33)/b11-7+. The summed E-state index contributed by atoms with van der Waals surface area (Å²) in [6.45, 7) is 4.22. The van der Waals surface area contributed by atoms with E-state index in [9.17, 15) is 18.3 Å². The normalized spacial score (nSPS) is 11.5. The molecule has 0 radical (unpaired) electrons.